The van der Waals surface area contributed by atoms with Crippen molar-refractivity contribution >= 4 is 35.0 Å². The average Bonchev–Trinajstić information content (AvgIpc) is 2.76. The van der Waals surface area contributed by atoms with Crippen LogP contribution in [0.2, 0.25) is 5.02 Å². The second kappa shape index (κ2) is 9.81. The molecule has 0 radical (unpaired) electrons. The fraction of sp³-hybridized carbons (Fsp3) is 0.227. The predicted octanol–water partition coefficient (Wildman–Crippen LogP) is 3.99. The van der Waals surface area contributed by atoms with Gasteiger partial charge in [0.2, 0.25) is 5.91 Å². The van der Waals surface area contributed by atoms with Crippen LogP contribution in [-0.2, 0) is 24.3 Å². The fourth-order valence-corrected chi connectivity index (χ4v) is 4.31. The minimum Gasteiger partial charge on any atom is -0.324 e. The Morgan fingerprint density at radius 3 is 2.69 bits per heavy atom. The molecule has 6 nitrogen and oxygen atoms in total. The summed E-state index contributed by atoms with van der Waals surface area (Å²) < 4.78 is 26.2. The molecular weight excluding hydrogens is 458 g/mol. The van der Waals surface area contributed by atoms with Crippen LogP contribution in [0.25, 0.3) is 0 Å². The summed E-state index contributed by atoms with van der Waals surface area (Å²) in [5.74, 6) is -1.12. The molecule has 0 fully saturated rings. The van der Waals surface area contributed by atoms with Gasteiger partial charge in [0.15, 0.2) is 5.16 Å². The first-order valence-electron chi connectivity index (χ1n) is 9.84. The van der Waals surface area contributed by atoms with Crippen molar-refractivity contribution < 1.29 is 13.6 Å². The van der Waals surface area contributed by atoms with Gasteiger partial charge in [0, 0.05) is 26.1 Å². The maximum Gasteiger partial charge on any atom is 0.256 e. The maximum atomic E-state index is 13.1. The van der Waals surface area contributed by atoms with Crippen LogP contribution in [0.4, 0.5) is 14.5 Å². The average molecular weight is 477 g/mol. The van der Waals surface area contributed by atoms with Crippen molar-refractivity contribution in [1.29, 1.82) is 0 Å². The Labute approximate surface area is 192 Å². The first-order valence-corrected chi connectivity index (χ1v) is 11.2. The zero-order valence-electron chi connectivity index (χ0n) is 16.8. The molecule has 1 aliphatic rings. The first kappa shape index (κ1) is 22.4. The number of nitrogens with one attached hydrogen (secondary N) is 2. The van der Waals surface area contributed by atoms with E-state index in [4.69, 9.17) is 11.6 Å². The lowest BCUT2D eigenvalue weighted by Crippen LogP contribution is -2.35. The van der Waals surface area contributed by atoms with Gasteiger partial charge in [-0.2, -0.15) is 0 Å². The molecule has 2 heterocycles. The Kier molecular flexibility index (Phi) is 6.88. The van der Waals surface area contributed by atoms with Crippen molar-refractivity contribution in [3.63, 3.8) is 0 Å². The van der Waals surface area contributed by atoms with E-state index in [2.05, 4.69) is 20.2 Å². The lowest BCUT2D eigenvalue weighted by atomic mass is 10.1. The molecular formula is C22H19ClF2N4O2S. The highest BCUT2D eigenvalue weighted by Gasteiger charge is 2.21. The van der Waals surface area contributed by atoms with Crippen molar-refractivity contribution in [2.24, 2.45) is 0 Å². The van der Waals surface area contributed by atoms with E-state index in [-0.39, 0.29) is 28.1 Å². The van der Waals surface area contributed by atoms with Crippen LogP contribution in [0.3, 0.4) is 0 Å². The molecule has 0 saturated heterocycles. The number of hydrogen-bond donors (Lipinski definition) is 2. The number of carbonyl (C=O) groups is 1. The summed E-state index contributed by atoms with van der Waals surface area (Å²) >= 11 is 7.02. The Balaban J connectivity index is 1.37. The molecule has 0 unspecified atom stereocenters. The Hall–Kier alpha value is -2.75. The highest BCUT2D eigenvalue weighted by molar-refractivity contribution is 7.99. The third-order valence-corrected chi connectivity index (χ3v) is 6.18. The fourth-order valence-electron chi connectivity index (χ4n) is 3.42. The second-order valence-corrected chi connectivity index (χ2v) is 8.72. The van der Waals surface area contributed by atoms with Gasteiger partial charge in [-0.1, -0.05) is 35.5 Å². The molecule has 2 aromatic carbocycles. The van der Waals surface area contributed by atoms with Gasteiger partial charge in [-0.3, -0.25) is 14.5 Å². The van der Waals surface area contributed by atoms with Crippen molar-refractivity contribution in [3.05, 3.63) is 86.3 Å². The summed E-state index contributed by atoms with van der Waals surface area (Å²) in [5, 5.41) is 3.08. The van der Waals surface area contributed by atoms with Crippen molar-refractivity contribution in [2.75, 3.05) is 17.6 Å². The van der Waals surface area contributed by atoms with Crippen LogP contribution in [0.5, 0.6) is 0 Å². The zero-order valence-corrected chi connectivity index (χ0v) is 18.4. The molecule has 1 amide bonds. The molecule has 166 valence electrons. The lowest BCUT2D eigenvalue weighted by Gasteiger charge is -2.27. The molecule has 2 N–H and O–H groups in total. The lowest BCUT2D eigenvalue weighted by molar-refractivity contribution is -0.113. The summed E-state index contributed by atoms with van der Waals surface area (Å²) in [6.07, 6.45) is 0.603. The van der Waals surface area contributed by atoms with Crippen molar-refractivity contribution in [3.8, 4) is 0 Å². The van der Waals surface area contributed by atoms with E-state index in [9.17, 15) is 18.4 Å². The van der Waals surface area contributed by atoms with Crippen LogP contribution >= 0.6 is 23.4 Å². The van der Waals surface area contributed by atoms with Gasteiger partial charge in [0.1, 0.15) is 11.6 Å². The summed E-state index contributed by atoms with van der Waals surface area (Å²) in [7, 11) is 0. The minimum absolute atomic E-state index is 0.00608. The summed E-state index contributed by atoms with van der Waals surface area (Å²) in [6.45, 7) is 1.78. The van der Waals surface area contributed by atoms with Crippen molar-refractivity contribution in [2.45, 2.75) is 24.7 Å². The second-order valence-electron chi connectivity index (χ2n) is 7.34. The van der Waals surface area contributed by atoms with E-state index in [0.717, 1.165) is 23.4 Å². The van der Waals surface area contributed by atoms with Crippen LogP contribution in [-0.4, -0.2) is 33.1 Å². The molecule has 4 rings (SSSR count). The molecule has 3 aromatic rings. The number of fused-ring (bicyclic) bond motifs is 1. The number of anilines is 1. The smallest absolute Gasteiger partial charge is 0.256 e. The topological polar surface area (TPSA) is 78.1 Å². The number of rotatable bonds is 6. The normalized spacial score (nSPS) is 13.6. The highest BCUT2D eigenvalue weighted by atomic mass is 35.5. The van der Waals surface area contributed by atoms with Crippen LogP contribution in [0.1, 0.15) is 16.8 Å². The van der Waals surface area contributed by atoms with E-state index >= 15 is 0 Å². The number of benzene rings is 2. The third-order valence-electron chi connectivity index (χ3n) is 4.99. The number of hydrogen-bond acceptors (Lipinski definition) is 5. The maximum absolute atomic E-state index is 13.1. The number of halogens is 3. The van der Waals surface area contributed by atoms with E-state index < -0.39 is 5.82 Å². The Bertz CT molecular complexity index is 1200. The Morgan fingerprint density at radius 1 is 1.19 bits per heavy atom. The first-order chi connectivity index (χ1) is 15.4. The van der Waals surface area contributed by atoms with Crippen LogP contribution < -0.4 is 10.9 Å². The van der Waals surface area contributed by atoms with Gasteiger partial charge in [-0.25, -0.2) is 13.8 Å². The van der Waals surface area contributed by atoms with Gasteiger partial charge in [0.05, 0.1) is 27.7 Å². The number of nitrogens with zero attached hydrogens (tertiary/aromatic N) is 2. The molecule has 0 saturated carbocycles. The molecule has 0 aliphatic carbocycles. The summed E-state index contributed by atoms with van der Waals surface area (Å²) in [6, 6.07) is 10.0. The number of H-pyrrole nitrogens is 1. The van der Waals surface area contributed by atoms with E-state index in [1.165, 1.54) is 24.3 Å². The van der Waals surface area contributed by atoms with Gasteiger partial charge >= 0.3 is 0 Å². The standard InChI is InChI=1S/C22H19ClF2N4O2S/c23-17-9-15(25)5-6-19(17)26-20(30)12-32-22-27-18-7-8-29(11-16(18)21(31)28-22)10-13-1-3-14(24)4-2-13/h1-6,9H,7-8,10-12H2,(H,26,30)(H,27,28,31). The van der Waals surface area contributed by atoms with E-state index in [1.807, 2.05) is 0 Å². The van der Waals surface area contributed by atoms with E-state index in [1.54, 1.807) is 12.1 Å². The van der Waals surface area contributed by atoms with E-state index in [0.29, 0.717) is 48.2 Å². The molecule has 0 spiro atoms. The van der Waals surface area contributed by atoms with Gasteiger partial charge in [-0.05, 0) is 35.9 Å². The molecule has 1 aliphatic heterocycles. The predicted molar refractivity (Wildman–Crippen MR) is 120 cm³/mol. The number of carbonyl (C=O) groups excluding carboxylic acids is 1. The SMILES string of the molecule is O=C(CSc1nc2c(c(=O)[nH]1)CN(Cc1ccc(F)cc1)CC2)Nc1ccc(F)cc1Cl. The number of amides is 1. The number of aromatic nitrogens is 2. The molecule has 32 heavy (non-hydrogen) atoms. The van der Waals surface area contributed by atoms with Crippen LogP contribution in [0, 0.1) is 11.6 Å². The molecule has 0 atom stereocenters. The highest BCUT2D eigenvalue weighted by Crippen LogP contribution is 2.23. The third kappa shape index (κ3) is 5.53. The van der Waals surface area contributed by atoms with Gasteiger partial charge in [0.25, 0.3) is 5.56 Å². The van der Waals surface area contributed by atoms with Crippen molar-refractivity contribution in [1.82, 2.24) is 14.9 Å². The minimum atomic E-state index is -0.491. The molecule has 1 aromatic heterocycles. The van der Waals surface area contributed by atoms with Crippen LogP contribution in [0.15, 0.2) is 52.4 Å². The number of thioether (sulfide) groups is 1. The molecule has 0 bridgehead atoms. The van der Waals surface area contributed by atoms with Gasteiger partial charge < -0.3 is 10.3 Å². The quantitative estimate of drug-likeness (QED) is 0.415. The number of aromatic amines is 1. The Morgan fingerprint density at radius 2 is 1.94 bits per heavy atom. The zero-order chi connectivity index (χ0) is 22.7. The monoisotopic (exact) mass is 476 g/mol. The summed E-state index contributed by atoms with van der Waals surface area (Å²) in [5.41, 5.74) is 2.37. The largest absolute Gasteiger partial charge is 0.324 e. The molecule has 10 heteroatoms. The van der Waals surface area contributed by atoms with Gasteiger partial charge in [-0.15, -0.1) is 0 Å². The summed E-state index contributed by atoms with van der Waals surface area (Å²) in [4.78, 5) is 34.2.